The van der Waals surface area contributed by atoms with Crippen molar-refractivity contribution in [1.29, 1.82) is 0 Å². The maximum absolute atomic E-state index is 12.5. The summed E-state index contributed by atoms with van der Waals surface area (Å²) in [7, 11) is 3.95. The number of amides is 2. The van der Waals surface area contributed by atoms with Crippen molar-refractivity contribution < 1.29 is 14.7 Å². The van der Waals surface area contributed by atoms with Gasteiger partial charge in [0.25, 0.3) is 5.91 Å². The molecule has 0 unspecified atom stereocenters. The smallest absolute Gasteiger partial charge is 0.269 e. The number of carbonyl (C=O) groups is 2. The van der Waals surface area contributed by atoms with Gasteiger partial charge >= 0.3 is 0 Å². The SMILES string of the molecule is CN(C)CCNC(=O)C1CCC(NC(=O)c2cc(-c3ccccc3O)n[nH]2)CC1. The number of nitrogens with zero attached hydrogens (tertiary/aromatic N) is 2. The van der Waals surface area contributed by atoms with Crippen molar-refractivity contribution in [3.05, 3.63) is 36.0 Å². The lowest BCUT2D eigenvalue weighted by Gasteiger charge is -2.28. The standard InChI is InChI=1S/C21H29N5O3/c1-26(2)12-11-22-20(28)14-7-9-15(10-8-14)23-21(29)18-13-17(24-25-18)16-5-3-4-6-19(16)27/h3-6,13-15,27H,7-12H2,1-2H3,(H,22,28)(H,23,29)(H,24,25). The van der Waals surface area contributed by atoms with Crippen LogP contribution in [0.4, 0.5) is 0 Å². The summed E-state index contributed by atoms with van der Waals surface area (Å²) < 4.78 is 0. The second-order valence-electron chi connectivity index (χ2n) is 7.80. The molecule has 0 aliphatic heterocycles. The van der Waals surface area contributed by atoms with Crippen LogP contribution in [-0.2, 0) is 4.79 Å². The minimum absolute atomic E-state index is 0.0186. The molecule has 1 aliphatic carbocycles. The van der Waals surface area contributed by atoms with Gasteiger partial charge in [0, 0.05) is 30.6 Å². The summed E-state index contributed by atoms with van der Waals surface area (Å²) in [5.41, 5.74) is 1.45. The highest BCUT2D eigenvalue weighted by atomic mass is 16.3. The number of hydrogen-bond donors (Lipinski definition) is 4. The molecule has 1 aromatic heterocycles. The van der Waals surface area contributed by atoms with E-state index in [1.807, 2.05) is 19.0 Å². The van der Waals surface area contributed by atoms with Crippen LogP contribution in [-0.4, -0.2) is 65.2 Å². The molecule has 8 nitrogen and oxygen atoms in total. The first kappa shape index (κ1) is 20.9. The minimum atomic E-state index is -0.224. The molecular formula is C21H29N5O3. The van der Waals surface area contributed by atoms with E-state index < -0.39 is 0 Å². The first-order chi connectivity index (χ1) is 13.9. The molecule has 1 saturated carbocycles. The van der Waals surface area contributed by atoms with E-state index in [1.165, 1.54) is 0 Å². The highest BCUT2D eigenvalue weighted by molar-refractivity contribution is 5.93. The summed E-state index contributed by atoms with van der Waals surface area (Å²) in [6.07, 6.45) is 3.09. The van der Waals surface area contributed by atoms with Crippen LogP contribution in [0.15, 0.2) is 30.3 Å². The number of phenolic OH excluding ortho intramolecular Hbond substituents is 1. The fourth-order valence-electron chi connectivity index (χ4n) is 3.58. The molecule has 3 rings (SSSR count). The number of benzene rings is 1. The molecule has 0 atom stereocenters. The minimum Gasteiger partial charge on any atom is -0.507 e. The van der Waals surface area contributed by atoms with Gasteiger partial charge in [-0.15, -0.1) is 0 Å². The average molecular weight is 399 g/mol. The van der Waals surface area contributed by atoms with Crippen LogP contribution in [0.2, 0.25) is 0 Å². The molecule has 2 aromatic rings. The molecule has 0 bridgehead atoms. The maximum atomic E-state index is 12.5. The molecule has 1 heterocycles. The normalized spacial score (nSPS) is 19.1. The molecule has 4 N–H and O–H groups in total. The number of rotatable bonds is 7. The summed E-state index contributed by atoms with van der Waals surface area (Å²) in [6.45, 7) is 1.48. The topological polar surface area (TPSA) is 110 Å². The van der Waals surface area contributed by atoms with Crippen LogP contribution >= 0.6 is 0 Å². The Morgan fingerprint density at radius 1 is 1.21 bits per heavy atom. The summed E-state index contributed by atoms with van der Waals surface area (Å²) >= 11 is 0. The van der Waals surface area contributed by atoms with Gasteiger partial charge in [0.05, 0.1) is 5.69 Å². The number of aromatic amines is 1. The van der Waals surface area contributed by atoms with E-state index in [1.54, 1.807) is 30.3 Å². The predicted octanol–water partition coefficient (Wildman–Crippen LogP) is 1.75. The van der Waals surface area contributed by atoms with E-state index in [-0.39, 0.29) is 29.5 Å². The Labute approximate surface area is 170 Å². The third-order valence-electron chi connectivity index (χ3n) is 5.29. The van der Waals surface area contributed by atoms with Crippen molar-refractivity contribution in [2.45, 2.75) is 31.7 Å². The molecule has 0 saturated heterocycles. The van der Waals surface area contributed by atoms with Gasteiger partial charge in [0.1, 0.15) is 11.4 Å². The fraction of sp³-hybridized carbons (Fsp3) is 0.476. The molecule has 0 spiro atoms. The number of para-hydroxylation sites is 1. The molecular weight excluding hydrogens is 370 g/mol. The molecule has 156 valence electrons. The Morgan fingerprint density at radius 2 is 1.93 bits per heavy atom. The van der Waals surface area contributed by atoms with Gasteiger partial charge in [-0.1, -0.05) is 12.1 Å². The number of phenols is 1. The fourth-order valence-corrected chi connectivity index (χ4v) is 3.58. The van der Waals surface area contributed by atoms with E-state index in [2.05, 4.69) is 20.8 Å². The lowest BCUT2D eigenvalue weighted by atomic mass is 9.85. The van der Waals surface area contributed by atoms with Gasteiger partial charge in [0.15, 0.2) is 0 Å². The second kappa shape index (κ2) is 9.56. The number of likely N-dealkylation sites (N-methyl/N-ethyl adjacent to an activating group) is 1. The van der Waals surface area contributed by atoms with E-state index >= 15 is 0 Å². The van der Waals surface area contributed by atoms with Gasteiger partial charge < -0.3 is 20.6 Å². The first-order valence-electron chi connectivity index (χ1n) is 10.0. The van der Waals surface area contributed by atoms with E-state index in [0.29, 0.717) is 23.5 Å². The molecule has 2 amide bonds. The highest BCUT2D eigenvalue weighted by Crippen LogP contribution is 2.28. The third-order valence-corrected chi connectivity index (χ3v) is 5.29. The van der Waals surface area contributed by atoms with Crippen molar-refractivity contribution >= 4 is 11.8 Å². The van der Waals surface area contributed by atoms with Crippen LogP contribution in [0.5, 0.6) is 5.75 Å². The maximum Gasteiger partial charge on any atom is 0.269 e. The summed E-state index contributed by atoms with van der Waals surface area (Å²) in [4.78, 5) is 26.8. The lowest BCUT2D eigenvalue weighted by Crippen LogP contribution is -2.42. The van der Waals surface area contributed by atoms with Crippen molar-refractivity contribution in [3.63, 3.8) is 0 Å². The highest BCUT2D eigenvalue weighted by Gasteiger charge is 2.27. The van der Waals surface area contributed by atoms with Crippen LogP contribution < -0.4 is 10.6 Å². The largest absolute Gasteiger partial charge is 0.507 e. The van der Waals surface area contributed by atoms with Crippen LogP contribution in [0.3, 0.4) is 0 Å². The Bertz CT molecular complexity index is 840. The molecule has 8 heteroatoms. The zero-order valence-corrected chi connectivity index (χ0v) is 16.9. The second-order valence-corrected chi connectivity index (χ2v) is 7.80. The molecule has 1 aliphatic rings. The zero-order chi connectivity index (χ0) is 20.8. The monoisotopic (exact) mass is 399 g/mol. The van der Waals surface area contributed by atoms with Crippen LogP contribution in [0.25, 0.3) is 11.3 Å². The molecule has 29 heavy (non-hydrogen) atoms. The van der Waals surface area contributed by atoms with Gasteiger partial charge in [-0.3, -0.25) is 14.7 Å². The summed E-state index contributed by atoms with van der Waals surface area (Å²) in [6, 6.07) is 8.55. The molecule has 1 fully saturated rings. The van der Waals surface area contributed by atoms with Crippen molar-refractivity contribution in [2.24, 2.45) is 5.92 Å². The van der Waals surface area contributed by atoms with Crippen LogP contribution in [0, 0.1) is 5.92 Å². The number of aromatic hydroxyl groups is 1. The van der Waals surface area contributed by atoms with Crippen molar-refractivity contribution in [2.75, 3.05) is 27.2 Å². The Kier molecular flexibility index (Phi) is 6.87. The van der Waals surface area contributed by atoms with Crippen molar-refractivity contribution in [1.82, 2.24) is 25.7 Å². The third kappa shape index (κ3) is 5.57. The average Bonchev–Trinajstić information content (AvgIpc) is 3.18. The lowest BCUT2D eigenvalue weighted by molar-refractivity contribution is -0.126. The number of carbonyl (C=O) groups excluding carboxylic acids is 2. The van der Waals surface area contributed by atoms with Gasteiger partial charge in [-0.05, 0) is 58.0 Å². The van der Waals surface area contributed by atoms with E-state index in [4.69, 9.17) is 0 Å². The quantitative estimate of drug-likeness (QED) is 0.567. The Hall–Kier alpha value is -2.87. The zero-order valence-electron chi connectivity index (χ0n) is 16.9. The number of nitrogens with one attached hydrogen (secondary N) is 3. The Morgan fingerprint density at radius 3 is 2.62 bits per heavy atom. The van der Waals surface area contributed by atoms with E-state index in [0.717, 1.165) is 32.2 Å². The number of hydrogen-bond acceptors (Lipinski definition) is 5. The van der Waals surface area contributed by atoms with Crippen molar-refractivity contribution in [3.8, 4) is 17.0 Å². The van der Waals surface area contributed by atoms with Gasteiger partial charge in [-0.25, -0.2) is 0 Å². The van der Waals surface area contributed by atoms with Crippen LogP contribution in [0.1, 0.15) is 36.2 Å². The van der Waals surface area contributed by atoms with E-state index in [9.17, 15) is 14.7 Å². The Balaban J connectivity index is 1.48. The molecule has 0 radical (unpaired) electrons. The van der Waals surface area contributed by atoms with Gasteiger partial charge in [0.2, 0.25) is 5.91 Å². The number of H-pyrrole nitrogens is 1. The summed E-state index contributed by atoms with van der Waals surface area (Å²) in [5.74, 6) is 0.0221. The summed E-state index contributed by atoms with van der Waals surface area (Å²) in [5, 5.41) is 22.8. The number of aromatic nitrogens is 2. The van der Waals surface area contributed by atoms with Gasteiger partial charge in [-0.2, -0.15) is 5.10 Å². The predicted molar refractivity (Wildman–Crippen MR) is 110 cm³/mol. The first-order valence-corrected chi connectivity index (χ1v) is 10.0. The molecule has 1 aromatic carbocycles.